The molecule has 12 rings (SSSR count). The van der Waals surface area contributed by atoms with E-state index in [2.05, 4.69) is 107 Å². The molecule has 0 saturated carbocycles. The summed E-state index contributed by atoms with van der Waals surface area (Å²) in [6, 6.07) is 56.5. The second-order valence-corrected chi connectivity index (χ2v) is 14.8. The van der Waals surface area contributed by atoms with Crippen LogP contribution in [0.1, 0.15) is 51.8 Å². The minimum Gasteiger partial charge on any atom is -0.456 e. The zero-order valence-corrected chi connectivity index (χ0v) is 30.6. The minimum atomic E-state index is -0.450. The highest BCUT2D eigenvalue weighted by atomic mass is 16.4. The average Bonchev–Trinajstić information content (AvgIpc) is 3.98. The molecule has 4 heterocycles. The lowest BCUT2D eigenvalue weighted by atomic mass is 9.87. The molecular formula is C50H33N5O2. The number of para-hydroxylation sites is 1. The summed E-state index contributed by atoms with van der Waals surface area (Å²) < 4.78 is 13.0. The quantitative estimate of drug-likeness (QED) is 0.190. The first-order valence-electron chi connectivity index (χ1n) is 19.3. The van der Waals surface area contributed by atoms with Gasteiger partial charge in [0.15, 0.2) is 11.9 Å². The van der Waals surface area contributed by atoms with Gasteiger partial charge < -0.3 is 19.1 Å². The molecular weight excluding hydrogens is 703 g/mol. The lowest BCUT2D eigenvalue weighted by molar-refractivity contribution is 0.460. The molecule has 1 N–H and O–H groups in total. The second kappa shape index (κ2) is 12.5. The Hall–Kier alpha value is -7.51. The predicted octanol–water partition coefficient (Wildman–Crippen LogP) is 11.9. The number of nitrogens with one attached hydrogen (secondary N) is 1. The number of aromatic nitrogens is 1. The number of hydrogen-bond donors (Lipinski definition) is 1. The molecule has 9 aromatic rings. The number of furan rings is 1. The fourth-order valence-electron chi connectivity index (χ4n) is 8.85. The standard InChI is InChI=1S/C50H33N5O2/c1-3-13-30(14-4-1)47-52-48(54-49(53-47)38-22-12-24-43-44(38)37-21-9-10-23-42(37)56-43)34-19-11-20-35(27-34)55-41-29-33-18-8-7-17-32(33)28-39(41)36-25-26-40-46(45(36)55)57-50(51-40)31-15-5-2-6-16-31/h1-29,36,45,47H,(H,52,53,54). The van der Waals surface area contributed by atoms with Crippen LogP contribution in [0, 0.1) is 0 Å². The van der Waals surface area contributed by atoms with Crippen LogP contribution in [0.2, 0.25) is 0 Å². The van der Waals surface area contributed by atoms with Crippen molar-refractivity contribution in [3.63, 3.8) is 0 Å². The van der Waals surface area contributed by atoms with E-state index in [4.69, 9.17) is 23.8 Å². The number of fused-ring (bicyclic) bond motifs is 9. The van der Waals surface area contributed by atoms with Gasteiger partial charge in [-0.05, 0) is 76.5 Å². The molecule has 7 nitrogen and oxygen atoms in total. The fourth-order valence-corrected chi connectivity index (χ4v) is 8.85. The molecule has 0 amide bonds. The van der Waals surface area contributed by atoms with Crippen molar-refractivity contribution in [2.24, 2.45) is 9.98 Å². The number of hydrogen-bond acceptors (Lipinski definition) is 7. The summed E-state index contributed by atoms with van der Waals surface area (Å²) in [6.07, 6.45) is 3.97. The SMILES string of the molecule is C1=CC2c3cc4ccccc4cc3N(c3cccc(C4=NC(c5ccccc5)N=C(c5cccc6oc7ccccc7c56)N4)c3)C2c2oc(-c3ccccc3)nc21. The first-order valence-corrected chi connectivity index (χ1v) is 19.3. The van der Waals surface area contributed by atoms with Gasteiger partial charge in [-0.25, -0.2) is 15.0 Å². The molecule has 3 unspecified atom stereocenters. The van der Waals surface area contributed by atoms with Gasteiger partial charge in [0.2, 0.25) is 5.89 Å². The Bertz CT molecular complexity index is 3140. The van der Waals surface area contributed by atoms with Crippen molar-refractivity contribution < 1.29 is 8.83 Å². The molecule has 57 heavy (non-hydrogen) atoms. The molecule has 7 heteroatoms. The lowest BCUT2D eigenvalue weighted by Gasteiger charge is -2.30. The van der Waals surface area contributed by atoms with Crippen molar-refractivity contribution >= 4 is 61.8 Å². The van der Waals surface area contributed by atoms with E-state index in [9.17, 15) is 0 Å². The summed E-state index contributed by atoms with van der Waals surface area (Å²) in [5.41, 5.74) is 9.85. The van der Waals surface area contributed by atoms with Crippen LogP contribution in [0.4, 0.5) is 11.4 Å². The van der Waals surface area contributed by atoms with Crippen LogP contribution in [-0.2, 0) is 0 Å². The van der Waals surface area contributed by atoms with Crippen molar-refractivity contribution in [3.05, 3.63) is 204 Å². The molecule has 0 bridgehead atoms. The van der Waals surface area contributed by atoms with Crippen LogP contribution < -0.4 is 10.2 Å². The fraction of sp³-hybridized carbons (Fsp3) is 0.0600. The Labute approximate surface area is 328 Å². The summed E-state index contributed by atoms with van der Waals surface area (Å²) in [4.78, 5) is 17.9. The largest absolute Gasteiger partial charge is 0.456 e. The summed E-state index contributed by atoms with van der Waals surface area (Å²) in [5, 5.41) is 8.16. The van der Waals surface area contributed by atoms with E-state index >= 15 is 0 Å². The van der Waals surface area contributed by atoms with Crippen LogP contribution in [0.25, 0.3) is 50.2 Å². The number of amidine groups is 2. The number of oxazole rings is 1. The van der Waals surface area contributed by atoms with Gasteiger partial charge in [0.05, 0.1) is 0 Å². The van der Waals surface area contributed by atoms with E-state index in [0.29, 0.717) is 5.89 Å². The van der Waals surface area contributed by atoms with E-state index in [1.165, 1.54) is 16.3 Å². The molecule has 0 spiro atoms. The monoisotopic (exact) mass is 735 g/mol. The van der Waals surface area contributed by atoms with Crippen LogP contribution in [-0.4, -0.2) is 16.7 Å². The Morgan fingerprint density at radius 1 is 0.596 bits per heavy atom. The van der Waals surface area contributed by atoms with Crippen molar-refractivity contribution in [1.82, 2.24) is 10.3 Å². The maximum absolute atomic E-state index is 6.75. The second-order valence-electron chi connectivity index (χ2n) is 14.8. The topological polar surface area (TPSA) is 79.2 Å². The third-order valence-electron chi connectivity index (χ3n) is 11.5. The van der Waals surface area contributed by atoms with E-state index < -0.39 is 6.17 Å². The summed E-state index contributed by atoms with van der Waals surface area (Å²) in [6.45, 7) is 0. The van der Waals surface area contributed by atoms with Gasteiger partial charge >= 0.3 is 0 Å². The summed E-state index contributed by atoms with van der Waals surface area (Å²) in [7, 11) is 0. The Morgan fingerprint density at radius 2 is 1.32 bits per heavy atom. The Kier molecular flexibility index (Phi) is 6.98. The molecule has 0 saturated heterocycles. The van der Waals surface area contributed by atoms with Gasteiger partial charge in [0.1, 0.15) is 34.6 Å². The summed E-state index contributed by atoms with van der Waals surface area (Å²) in [5.74, 6) is 3.03. The highest BCUT2D eigenvalue weighted by Crippen LogP contribution is 2.57. The van der Waals surface area contributed by atoms with Crippen molar-refractivity contribution in [1.29, 1.82) is 0 Å². The van der Waals surface area contributed by atoms with Crippen LogP contribution >= 0.6 is 0 Å². The molecule has 3 aliphatic rings. The van der Waals surface area contributed by atoms with E-state index in [-0.39, 0.29) is 12.0 Å². The van der Waals surface area contributed by atoms with Crippen LogP contribution in [0.3, 0.4) is 0 Å². The van der Waals surface area contributed by atoms with Gasteiger partial charge in [0, 0.05) is 44.8 Å². The van der Waals surface area contributed by atoms with Crippen molar-refractivity contribution in [2.45, 2.75) is 18.1 Å². The molecule has 3 atom stereocenters. The third-order valence-corrected chi connectivity index (χ3v) is 11.5. The number of aliphatic imine (C=N–C) groups is 2. The van der Waals surface area contributed by atoms with E-state index in [1.807, 2.05) is 78.9 Å². The third kappa shape index (κ3) is 5.09. The van der Waals surface area contributed by atoms with Crippen molar-refractivity contribution in [2.75, 3.05) is 4.90 Å². The smallest absolute Gasteiger partial charge is 0.226 e. The zero-order valence-electron chi connectivity index (χ0n) is 30.6. The highest BCUT2D eigenvalue weighted by molar-refractivity contribution is 6.23. The normalized spacial score (nSPS) is 18.2. The van der Waals surface area contributed by atoms with Gasteiger partial charge in [-0.2, -0.15) is 0 Å². The number of rotatable bonds is 5. The minimum absolute atomic E-state index is 0.0638. The van der Waals surface area contributed by atoms with Gasteiger partial charge in [-0.1, -0.05) is 121 Å². The molecule has 0 fully saturated rings. The van der Waals surface area contributed by atoms with Crippen molar-refractivity contribution in [3.8, 4) is 11.5 Å². The molecule has 1 aliphatic carbocycles. The number of nitrogens with zero attached hydrogens (tertiary/aromatic N) is 4. The highest BCUT2D eigenvalue weighted by Gasteiger charge is 2.45. The van der Waals surface area contributed by atoms with E-state index in [0.717, 1.165) is 78.7 Å². The Balaban J connectivity index is 1.00. The molecule has 2 aliphatic heterocycles. The molecule has 2 aromatic heterocycles. The first-order chi connectivity index (χ1) is 28.2. The number of benzene rings is 7. The molecule has 0 radical (unpaired) electrons. The molecule has 270 valence electrons. The van der Waals surface area contributed by atoms with Crippen LogP contribution in [0.15, 0.2) is 189 Å². The zero-order chi connectivity index (χ0) is 37.5. The maximum atomic E-state index is 6.75. The van der Waals surface area contributed by atoms with E-state index in [1.54, 1.807) is 0 Å². The number of anilines is 2. The first kappa shape index (κ1) is 31.8. The van der Waals surface area contributed by atoms with Gasteiger partial charge in [-0.3, -0.25) is 0 Å². The predicted molar refractivity (Wildman–Crippen MR) is 228 cm³/mol. The van der Waals surface area contributed by atoms with Gasteiger partial charge in [0.25, 0.3) is 0 Å². The van der Waals surface area contributed by atoms with Gasteiger partial charge in [-0.15, -0.1) is 0 Å². The maximum Gasteiger partial charge on any atom is 0.226 e. The Morgan fingerprint density at radius 3 is 2.19 bits per heavy atom. The lowest BCUT2D eigenvalue weighted by Crippen LogP contribution is -2.36. The average molecular weight is 736 g/mol. The molecule has 7 aromatic carbocycles. The summed E-state index contributed by atoms with van der Waals surface area (Å²) >= 11 is 0. The van der Waals surface area contributed by atoms with Crippen LogP contribution in [0.5, 0.6) is 0 Å².